The van der Waals surface area contributed by atoms with Crippen LogP contribution in [0.1, 0.15) is 75.7 Å². The molecule has 3 rings (SSSR count). The van der Waals surface area contributed by atoms with E-state index in [4.69, 9.17) is 22.9 Å². The van der Waals surface area contributed by atoms with E-state index in [0.717, 1.165) is 5.47 Å². The molecule has 0 aromatic carbocycles. The zero-order chi connectivity index (χ0) is 26.9. The molecule has 2 atom stereocenters. The first-order valence-corrected chi connectivity index (χ1v) is 19.0. The van der Waals surface area contributed by atoms with Crippen LogP contribution in [0.25, 0.3) is 0 Å². The van der Waals surface area contributed by atoms with Gasteiger partial charge in [0.05, 0.1) is 24.4 Å². The van der Waals surface area contributed by atoms with E-state index in [0.29, 0.717) is 19.6 Å². The van der Waals surface area contributed by atoms with Crippen molar-refractivity contribution in [2.45, 2.75) is 134 Å². The summed E-state index contributed by atoms with van der Waals surface area (Å²) in [6, 6.07) is 0. The Labute approximate surface area is 217 Å². The number of ether oxygens (including phenoxy) is 1. The van der Waals surface area contributed by atoms with Gasteiger partial charge in [-0.05, 0) is 75.5 Å². The highest BCUT2D eigenvalue weighted by molar-refractivity contribution is 6.74. The molecule has 0 amide bonds. The van der Waals surface area contributed by atoms with Crippen molar-refractivity contribution in [1.29, 1.82) is 0 Å². The summed E-state index contributed by atoms with van der Waals surface area (Å²) < 4.78 is 33.2. The third-order valence-corrected chi connectivity index (χ3v) is 18.5. The summed E-state index contributed by atoms with van der Waals surface area (Å²) in [5.74, 6) is 0. The molecule has 35 heavy (non-hydrogen) atoms. The van der Waals surface area contributed by atoms with E-state index in [9.17, 15) is 0 Å². The third kappa shape index (κ3) is 5.64. The highest BCUT2D eigenvalue weighted by Gasteiger charge is 2.57. The molecule has 8 heteroatoms. The van der Waals surface area contributed by atoms with Gasteiger partial charge in [-0.25, -0.2) is 0 Å². The molecule has 3 heterocycles. The van der Waals surface area contributed by atoms with Gasteiger partial charge >= 0.3 is 7.12 Å². The van der Waals surface area contributed by atoms with Crippen LogP contribution in [0.2, 0.25) is 36.3 Å². The molecule has 2 bridgehead atoms. The molecule has 3 aliphatic rings. The van der Waals surface area contributed by atoms with E-state index >= 15 is 0 Å². The molecule has 5 nitrogen and oxygen atoms in total. The van der Waals surface area contributed by atoms with Crippen LogP contribution in [0.4, 0.5) is 0 Å². The maximum absolute atomic E-state index is 6.88. The van der Waals surface area contributed by atoms with Crippen LogP contribution >= 0.6 is 0 Å². The Balaban J connectivity index is 1.91. The van der Waals surface area contributed by atoms with Crippen LogP contribution in [0.5, 0.6) is 0 Å². The second-order valence-corrected chi connectivity index (χ2v) is 24.7. The molecule has 0 saturated carbocycles. The molecular weight excluding hydrogens is 471 g/mol. The van der Waals surface area contributed by atoms with Gasteiger partial charge in [0.2, 0.25) is 0 Å². The minimum absolute atomic E-state index is 0.126. The van der Waals surface area contributed by atoms with Crippen molar-refractivity contribution in [3.8, 4) is 0 Å². The van der Waals surface area contributed by atoms with E-state index in [-0.39, 0.29) is 21.3 Å². The fourth-order valence-electron chi connectivity index (χ4n) is 4.04. The summed E-state index contributed by atoms with van der Waals surface area (Å²) >= 11 is 0. The minimum atomic E-state index is -1.96. The number of hydrogen-bond donors (Lipinski definition) is 0. The lowest BCUT2D eigenvalue weighted by atomic mass is 9.70. The largest absolute Gasteiger partial charge is 0.490 e. The van der Waals surface area contributed by atoms with E-state index in [2.05, 4.69) is 114 Å². The Hall–Kier alpha value is -0.221. The summed E-state index contributed by atoms with van der Waals surface area (Å²) in [6.07, 6.45) is 7.30. The van der Waals surface area contributed by atoms with E-state index < -0.39 is 35.0 Å². The molecular formula is C27H51BO5Si2. The molecule has 0 radical (unpaired) electrons. The van der Waals surface area contributed by atoms with Gasteiger partial charge in [0.25, 0.3) is 0 Å². The summed E-state index contributed by atoms with van der Waals surface area (Å²) in [6.45, 7) is 32.2. The predicted octanol–water partition coefficient (Wildman–Crippen LogP) is 7.06. The van der Waals surface area contributed by atoms with Crippen molar-refractivity contribution in [2.75, 3.05) is 13.2 Å². The zero-order valence-corrected chi connectivity index (χ0v) is 27.0. The monoisotopic (exact) mass is 522 g/mol. The van der Waals surface area contributed by atoms with Crippen molar-refractivity contribution >= 4 is 23.8 Å². The Morgan fingerprint density at radius 3 is 1.71 bits per heavy atom. The maximum atomic E-state index is 6.88. The van der Waals surface area contributed by atoms with Gasteiger partial charge < -0.3 is 22.9 Å². The smallest absolute Gasteiger partial charge is 0.414 e. The van der Waals surface area contributed by atoms with Crippen LogP contribution in [0.15, 0.2) is 23.7 Å². The van der Waals surface area contributed by atoms with Crippen LogP contribution in [0, 0.1) is 0 Å². The average Bonchev–Trinajstić information content (AvgIpc) is 3.06. The van der Waals surface area contributed by atoms with Gasteiger partial charge in [-0.2, -0.15) is 0 Å². The number of rotatable bonds is 7. The topological polar surface area (TPSA) is 46.2 Å². The van der Waals surface area contributed by atoms with Crippen LogP contribution < -0.4 is 0 Å². The number of fused-ring (bicyclic) bond motifs is 2. The normalized spacial score (nSPS) is 30.7. The van der Waals surface area contributed by atoms with Crippen LogP contribution in [0.3, 0.4) is 0 Å². The van der Waals surface area contributed by atoms with Crippen molar-refractivity contribution < 1.29 is 22.9 Å². The van der Waals surface area contributed by atoms with Gasteiger partial charge in [-0.3, -0.25) is 0 Å². The molecule has 1 saturated heterocycles. The third-order valence-electron chi connectivity index (χ3n) is 9.50. The van der Waals surface area contributed by atoms with Crippen molar-refractivity contribution in [2.24, 2.45) is 0 Å². The van der Waals surface area contributed by atoms with Gasteiger partial charge in [0.15, 0.2) is 16.6 Å². The predicted molar refractivity (Wildman–Crippen MR) is 151 cm³/mol. The van der Waals surface area contributed by atoms with Gasteiger partial charge in [0.1, 0.15) is 11.2 Å². The molecule has 2 unspecified atom stereocenters. The molecule has 0 spiro atoms. The summed E-state index contributed by atoms with van der Waals surface area (Å²) in [7, 11) is -4.31. The Morgan fingerprint density at radius 2 is 1.26 bits per heavy atom. The summed E-state index contributed by atoms with van der Waals surface area (Å²) in [5, 5.41) is 0.259. The lowest BCUT2D eigenvalue weighted by molar-refractivity contribution is -0.109. The fourth-order valence-corrected chi connectivity index (χ4v) is 6.10. The number of hydrogen-bond acceptors (Lipinski definition) is 5. The molecule has 0 aromatic heterocycles. The Kier molecular flexibility index (Phi) is 7.25. The van der Waals surface area contributed by atoms with Crippen molar-refractivity contribution in [1.82, 2.24) is 0 Å². The summed E-state index contributed by atoms with van der Waals surface area (Å²) in [5.41, 5.74) is -0.834. The minimum Gasteiger partial charge on any atom is -0.414 e. The first kappa shape index (κ1) is 29.3. The highest BCUT2D eigenvalue weighted by Crippen LogP contribution is 2.49. The first-order valence-electron chi connectivity index (χ1n) is 13.2. The standard InChI is InChI=1S/C27H51BO5Si2/c1-22(2,3)34(11,12)29-19-26-15-16-27(31-26,20-30-35(13,14)23(4,5)6)18-21(17-26)28-32-24(7,8)25(9,10)33-28/h15-17H,18-20H2,1-14H3. The van der Waals surface area contributed by atoms with Crippen molar-refractivity contribution in [3.05, 3.63) is 23.7 Å². The first-order chi connectivity index (χ1) is 15.5. The highest BCUT2D eigenvalue weighted by atomic mass is 28.4. The van der Waals surface area contributed by atoms with E-state index in [1.165, 1.54) is 0 Å². The molecule has 0 N–H and O–H groups in total. The lowest BCUT2D eigenvalue weighted by Gasteiger charge is -2.44. The molecule has 0 aliphatic carbocycles. The second-order valence-electron chi connectivity index (χ2n) is 15.0. The quantitative estimate of drug-likeness (QED) is 0.265. The fraction of sp³-hybridized carbons (Fsp3) is 0.852. The lowest BCUT2D eigenvalue weighted by Crippen LogP contribution is -2.52. The second kappa shape index (κ2) is 8.65. The molecule has 3 aliphatic heterocycles. The van der Waals surface area contributed by atoms with E-state index in [1.54, 1.807) is 0 Å². The molecule has 1 fully saturated rings. The van der Waals surface area contributed by atoms with Crippen LogP contribution in [-0.2, 0) is 22.9 Å². The Morgan fingerprint density at radius 1 is 0.800 bits per heavy atom. The molecule has 0 aromatic rings. The SMILES string of the molecule is CC1(C)OB(C2=CC3(CO[Si](C)(C)C(C)(C)C)C=CC(CO[Si](C)(C)C(C)(C)C)(C2)O3)OC1(C)C. The summed E-state index contributed by atoms with van der Waals surface area (Å²) in [4.78, 5) is 0. The van der Waals surface area contributed by atoms with Gasteiger partial charge in [-0.15, -0.1) is 0 Å². The van der Waals surface area contributed by atoms with Crippen LogP contribution in [-0.4, -0.2) is 59.4 Å². The van der Waals surface area contributed by atoms with Gasteiger partial charge in [-0.1, -0.05) is 53.7 Å². The zero-order valence-electron chi connectivity index (χ0n) is 25.0. The Bertz CT molecular complexity index is 865. The van der Waals surface area contributed by atoms with Crippen molar-refractivity contribution in [3.63, 3.8) is 0 Å². The average molecular weight is 523 g/mol. The maximum Gasteiger partial charge on any atom is 0.490 e. The van der Waals surface area contributed by atoms with E-state index in [1.807, 2.05) is 0 Å². The molecule has 200 valence electrons. The van der Waals surface area contributed by atoms with Gasteiger partial charge in [0, 0.05) is 6.42 Å².